The van der Waals surface area contributed by atoms with E-state index in [9.17, 15) is 9.90 Å². The monoisotopic (exact) mass is 370 g/mol. The molecule has 0 spiro atoms. The van der Waals surface area contributed by atoms with Crippen molar-refractivity contribution in [3.63, 3.8) is 0 Å². The molecular formula is C21H26N2O4. The van der Waals surface area contributed by atoms with Gasteiger partial charge in [-0.2, -0.15) is 5.10 Å². The molecule has 1 atom stereocenters. The lowest BCUT2D eigenvalue weighted by Crippen LogP contribution is -2.33. The molecule has 6 heteroatoms. The Kier molecular flexibility index (Phi) is 8.16. The van der Waals surface area contributed by atoms with Crippen molar-refractivity contribution in [2.24, 2.45) is 5.10 Å². The van der Waals surface area contributed by atoms with Crippen molar-refractivity contribution in [3.05, 3.63) is 54.1 Å². The number of hydrogen-bond acceptors (Lipinski definition) is 5. The maximum atomic E-state index is 12.1. The van der Waals surface area contributed by atoms with E-state index >= 15 is 0 Å². The summed E-state index contributed by atoms with van der Waals surface area (Å²) in [6.45, 7) is 4.49. The SMILES string of the molecule is CCCCCOc1ccc(O[C@@H](C)C(=O)N/N=C\c2ccccc2O)cc1. The molecule has 0 aromatic heterocycles. The summed E-state index contributed by atoms with van der Waals surface area (Å²) in [5, 5.41) is 13.5. The van der Waals surface area contributed by atoms with Crippen LogP contribution in [-0.4, -0.2) is 29.9 Å². The van der Waals surface area contributed by atoms with Crippen molar-refractivity contribution in [3.8, 4) is 17.2 Å². The number of amides is 1. The van der Waals surface area contributed by atoms with E-state index in [1.165, 1.54) is 6.21 Å². The summed E-state index contributed by atoms with van der Waals surface area (Å²) < 4.78 is 11.3. The van der Waals surface area contributed by atoms with Crippen LogP contribution in [0.3, 0.4) is 0 Å². The molecule has 144 valence electrons. The molecule has 2 rings (SSSR count). The number of nitrogens with zero attached hydrogens (tertiary/aromatic N) is 1. The second-order valence-electron chi connectivity index (χ2n) is 6.08. The summed E-state index contributed by atoms with van der Waals surface area (Å²) in [6, 6.07) is 13.9. The predicted molar refractivity (Wildman–Crippen MR) is 105 cm³/mol. The first kappa shape index (κ1) is 20.3. The number of aromatic hydroxyl groups is 1. The number of nitrogens with one attached hydrogen (secondary N) is 1. The zero-order valence-electron chi connectivity index (χ0n) is 15.7. The first-order chi connectivity index (χ1) is 13.1. The fourth-order valence-electron chi connectivity index (χ4n) is 2.27. The minimum absolute atomic E-state index is 0.0943. The third-order valence-corrected chi connectivity index (χ3v) is 3.84. The number of benzene rings is 2. The van der Waals surface area contributed by atoms with Gasteiger partial charge < -0.3 is 14.6 Å². The molecule has 1 amide bonds. The van der Waals surface area contributed by atoms with Gasteiger partial charge in [-0.3, -0.25) is 4.79 Å². The third kappa shape index (κ3) is 7.01. The summed E-state index contributed by atoms with van der Waals surface area (Å²) in [5.74, 6) is 1.06. The second-order valence-corrected chi connectivity index (χ2v) is 6.08. The molecular weight excluding hydrogens is 344 g/mol. The number of phenols is 1. The molecule has 0 aliphatic rings. The molecule has 2 N–H and O–H groups in total. The van der Waals surface area contributed by atoms with Crippen LogP contribution in [0.25, 0.3) is 0 Å². The summed E-state index contributed by atoms with van der Waals surface area (Å²) in [4.78, 5) is 12.1. The Hall–Kier alpha value is -3.02. The molecule has 0 radical (unpaired) electrons. The first-order valence-electron chi connectivity index (χ1n) is 9.10. The van der Waals surface area contributed by atoms with E-state index < -0.39 is 6.10 Å². The number of phenolic OH excluding ortho intramolecular Hbond substituents is 1. The summed E-state index contributed by atoms with van der Waals surface area (Å²) in [7, 11) is 0. The van der Waals surface area contributed by atoms with Gasteiger partial charge in [0.15, 0.2) is 6.10 Å². The van der Waals surface area contributed by atoms with Gasteiger partial charge in [0, 0.05) is 5.56 Å². The van der Waals surface area contributed by atoms with Gasteiger partial charge in [0.05, 0.1) is 12.8 Å². The van der Waals surface area contributed by atoms with Gasteiger partial charge >= 0.3 is 0 Å². The van der Waals surface area contributed by atoms with Gasteiger partial charge in [-0.25, -0.2) is 5.43 Å². The lowest BCUT2D eigenvalue weighted by molar-refractivity contribution is -0.127. The van der Waals surface area contributed by atoms with Gasteiger partial charge in [0.2, 0.25) is 0 Å². The first-order valence-corrected chi connectivity index (χ1v) is 9.10. The number of para-hydroxylation sites is 1. The number of rotatable bonds is 10. The van der Waals surface area contributed by atoms with Gasteiger partial charge in [-0.1, -0.05) is 31.9 Å². The van der Waals surface area contributed by atoms with Crippen LogP contribution >= 0.6 is 0 Å². The third-order valence-electron chi connectivity index (χ3n) is 3.84. The largest absolute Gasteiger partial charge is 0.507 e. The molecule has 2 aromatic carbocycles. The number of ether oxygens (including phenoxy) is 2. The molecule has 0 saturated carbocycles. The van der Waals surface area contributed by atoms with Crippen LogP contribution in [0, 0.1) is 0 Å². The highest BCUT2D eigenvalue weighted by Crippen LogP contribution is 2.19. The highest BCUT2D eigenvalue weighted by Gasteiger charge is 2.14. The van der Waals surface area contributed by atoms with Crippen LogP contribution in [0.1, 0.15) is 38.7 Å². The Morgan fingerprint density at radius 1 is 1.15 bits per heavy atom. The smallest absolute Gasteiger partial charge is 0.280 e. The Morgan fingerprint density at radius 2 is 1.85 bits per heavy atom. The number of carbonyl (C=O) groups is 1. The van der Waals surface area contributed by atoms with Crippen LogP contribution in [0.15, 0.2) is 53.6 Å². The summed E-state index contributed by atoms with van der Waals surface area (Å²) in [6.07, 6.45) is 4.01. The standard InChI is InChI=1S/C21H26N2O4/c1-3-4-7-14-26-18-10-12-19(13-11-18)27-16(2)21(25)23-22-15-17-8-5-6-9-20(17)24/h5-6,8-13,15-16,24H,3-4,7,14H2,1-2H3,(H,23,25)/b22-15-/t16-/m0/s1. The Labute approximate surface area is 159 Å². The van der Waals surface area contributed by atoms with Crippen LogP contribution < -0.4 is 14.9 Å². The lowest BCUT2D eigenvalue weighted by Gasteiger charge is -2.13. The van der Waals surface area contributed by atoms with Crippen LogP contribution in [0.4, 0.5) is 0 Å². The van der Waals surface area contributed by atoms with Crippen LogP contribution in [-0.2, 0) is 4.79 Å². The van der Waals surface area contributed by atoms with Crippen molar-refractivity contribution in [1.82, 2.24) is 5.43 Å². The molecule has 0 fully saturated rings. The normalized spacial score (nSPS) is 11.9. The molecule has 0 aliphatic carbocycles. The van der Waals surface area contributed by atoms with Crippen LogP contribution in [0.5, 0.6) is 17.2 Å². The highest BCUT2D eigenvalue weighted by atomic mass is 16.5. The predicted octanol–water partition coefficient (Wildman–Crippen LogP) is 3.88. The van der Waals surface area contributed by atoms with Gasteiger partial charge in [0.1, 0.15) is 17.2 Å². The minimum Gasteiger partial charge on any atom is -0.507 e. The molecule has 2 aromatic rings. The number of unbranched alkanes of at least 4 members (excludes halogenated alkanes) is 2. The van der Waals surface area contributed by atoms with Crippen molar-refractivity contribution in [1.29, 1.82) is 0 Å². The fourth-order valence-corrected chi connectivity index (χ4v) is 2.27. The van der Waals surface area contributed by atoms with Crippen molar-refractivity contribution in [2.45, 2.75) is 39.2 Å². The summed E-state index contributed by atoms with van der Waals surface area (Å²) in [5.41, 5.74) is 2.91. The Bertz CT molecular complexity index is 744. The quantitative estimate of drug-likeness (QED) is 0.378. The Balaban J connectivity index is 1.79. The molecule has 27 heavy (non-hydrogen) atoms. The van der Waals surface area contributed by atoms with E-state index in [1.54, 1.807) is 43.3 Å². The van der Waals surface area contributed by atoms with Gasteiger partial charge in [0.25, 0.3) is 5.91 Å². The van der Waals surface area contributed by atoms with Gasteiger partial charge in [-0.05, 0) is 49.7 Å². The zero-order valence-corrected chi connectivity index (χ0v) is 15.7. The average Bonchev–Trinajstić information content (AvgIpc) is 2.68. The topological polar surface area (TPSA) is 80.2 Å². The molecule has 0 saturated heterocycles. The minimum atomic E-state index is -0.720. The fraction of sp³-hybridized carbons (Fsp3) is 0.333. The van der Waals surface area contributed by atoms with Crippen molar-refractivity contribution in [2.75, 3.05) is 6.61 Å². The van der Waals surface area contributed by atoms with E-state index in [1.807, 2.05) is 12.1 Å². The van der Waals surface area contributed by atoms with Crippen LogP contribution in [0.2, 0.25) is 0 Å². The van der Waals surface area contributed by atoms with Crippen molar-refractivity contribution < 1.29 is 19.4 Å². The Morgan fingerprint density at radius 3 is 2.56 bits per heavy atom. The molecule has 0 heterocycles. The number of carbonyl (C=O) groups excluding carboxylic acids is 1. The zero-order chi connectivity index (χ0) is 19.5. The van der Waals surface area contributed by atoms with E-state index in [0.29, 0.717) is 17.9 Å². The van der Waals surface area contributed by atoms with E-state index in [2.05, 4.69) is 17.5 Å². The molecule has 0 bridgehead atoms. The lowest BCUT2D eigenvalue weighted by atomic mass is 10.2. The molecule has 0 aliphatic heterocycles. The number of hydrogen-bond donors (Lipinski definition) is 2. The van der Waals surface area contributed by atoms with E-state index in [4.69, 9.17) is 9.47 Å². The van der Waals surface area contributed by atoms with Gasteiger partial charge in [-0.15, -0.1) is 0 Å². The summed E-state index contributed by atoms with van der Waals surface area (Å²) >= 11 is 0. The second kappa shape index (κ2) is 10.9. The van der Waals surface area contributed by atoms with E-state index in [0.717, 1.165) is 25.0 Å². The molecule has 0 unspecified atom stereocenters. The maximum absolute atomic E-state index is 12.1. The average molecular weight is 370 g/mol. The highest BCUT2D eigenvalue weighted by molar-refractivity contribution is 5.86. The maximum Gasteiger partial charge on any atom is 0.280 e. The van der Waals surface area contributed by atoms with E-state index in [-0.39, 0.29) is 11.7 Å². The van der Waals surface area contributed by atoms with Crippen molar-refractivity contribution >= 4 is 12.1 Å². The number of hydrazone groups is 1. The molecule has 6 nitrogen and oxygen atoms in total.